The summed E-state index contributed by atoms with van der Waals surface area (Å²) in [5.74, 6) is 0.520. The van der Waals surface area contributed by atoms with Crippen LogP contribution in [0.4, 0.5) is 0 Å². The fourth-order valence-electron chi connectivity index (χ4n) is 1.24. The van der Waals surface area contributed by atoms with Crippen molar-refractivity contribution in [2.24, 2.45) is 0 Å². The Labute approximate surface area is 75.8 Å². The second kappa shape index (κ2) is 2.79. The van der Waals surface area contributed by atoms with Crippen LogP contribution in [0.3, 0.4) is 0 Å². The number of halogens is 1. The molecule has 0 fully saturated rings. The zero-order chi connectivity index (χ0) is 8.55. The quantitative estimate of drug-likeness (QED) is 0.616. The minimum absolute atomic E-state index is 0.520. The molecule has 0 saturated heterocycles. The van der Waals surface area contributed by atoms with Gasteiger partial charge in [-0.3, -0.25) is 0 Å². The average molecular weight is 181 g/mol. The van der Waals surface area contributed by atoms with Gasteiger partial charge in [0, 0.05) is 11.8 Å². The highest BCUT2D eigenvalue weighted by Gasteiger charge is 2.00. The van der Waals surface area contributed by atoms with Gasteiger partial charge in [0.05, 0.1) is 17.6 Å². The summed E-state index contributed by atoms with van der Waals surface area (Å²) in [6.07, 6.45) is 3.80. The Morgan fingerprint density at radius 1 is 1.50 bits per heavy atom. The van der Waals surface area contributed by atoms with Crippen molar-refractivity contribution >= 4 is 17.1 Å². The van der Waals surface area contributed by atoms with E-state index in [0.29, 0.717) is 5.88 Å². The third-order valence-corrected chi connectivity index (χ3v) is 2.18. The normalized spacial score (nSPS) is 10.8. The van der Waals surface area contributed by atoms with Crippen LogP contribution in [0.25, 0.3) is 5.52 Å². The van der Waals surface area contributed by atoms with Crippen LogP contribution < -0.4 is 0 Å². The van der Waals surface area contributed by atoms with Crippen molar-refractivity contribution in [3.05, 3.63) is 35.7 Å². The van der Waals surface area contributed by atoms with Crippen LogP contribution >= 0.6 is 11.6 Å². The Kier molecular flexibility index (Phi) is 1.77. The first-order valence-electron chi connectivity index (χ1n) is 3.80. The largest absolute Gasteiger partial charge is 0.240 e. The lowest BCUT2D eigenvalue weighted by Crippen LogP contribution is -1.87. The van der Waals surface area contributed by atoms with Crippen LogP contribution in [0.15, 0.2) is 24.5 Å². The van der Waals surface area contributed by atoms with E-state index in [2.05, 4.69) is 11.2 Å². The average Bonchev–Trinajstić information content (AvgIpc) is 2.46. The van der Waals surface area contributed by atoms with Crippen molar-refractivity contribution in [1.29, 1.82) is 0 Å². The number of nitrogens with zero attached hydrogens (tertiary/aromatic N) is 2. The highest BCUT2D eigenvalue weighted by atomic mass is 35.5. The lowest BCUT2D eigenvalue weighted by atomic mass is 10.2. The van der Waals surface area contributed by atoms with E-state index in [1.54, 1.807) is 0 Å². The molecule has 0 radical (unpaired) electrons. The van der Waals surface area contributed by atoms with Gasteiger partial charge in [-0.2, -0.15) is 5.10 Å². The zero-order valence-electron chi connectivity index (χ0n) is 6.79. The maximum Gasteiger partial charge on any atom is 0.0705 e. The van der Waals surface area contributed by atoms with Gasteiger partial charge < -0.3 is 0 Å². The molecule has 2 aromatic heterocycles. The monoisotopic (exact) mass is 180 g/mol. The molecule has 0 aliphatic rings. The summed E-state index contributed by atoms with van der Waals surface area (Å²) in [6.45, 7) is 2.04. The number of rotatable bonds is 1. The van der Waals surface area contributed by atoms with Gasteiger partial charge in [-0.1, -0.05) is 6.07 Å². The molecule has 3 heteroatoms. The maximum atomic E-state index is 5.73. The van der Waals surface area contributed by atoms with E-state index in [0.717, 1.165) is 11.1 Å². The van der Waals surface area contributed by atoms with E-state index in [-0.39, 0.29) is 0 Å². The molecule has 0 bridgehead atoms. The number of aromatic nitrogens is 2. The number of fused-ring (bicyclic) bond motifs is 1. The molecule has 2 heterocycles. The van der Waals surface area contributed by atoms with Crippen molar-refractivity contribution in [2.75, 3.05) is 0 Å². The van der Waals surface area contributed by atoms with Gasteiger partial charge in [0.15, 0.2) is 0 Å². The van der Waals surface area contributed by atoms with E-state index < -0.39 is 0 Å². The van der Waals surface area contributed by atoms with Crippen molar-refractivity contribution < 1.29 is 0 Å². The third-order valence-electron chi connectivity index (χ3n) is 1.89. The first-order valence-corrected chi connectivity index (χ1v) is 4.33. The van der Waals surface area contributed by atoms with Gasteiger partial charge in [0.25, 0.3) is 0 Å². The molecular formula is C9H9ClN2. The van der Waals surface area contributed by atoms with Gasteiger partial charge in [0.2, 0.25) is 0 Å². The number of aryl methyl sites for hydroxylation is 1. The minimum Gasteiger partial charge on any atom is -0.240 e. The van der Waals surface area contributed by atoms with Gasteiger partial charge in [-0.05, 0) is 18.6 Å². The van der Waals surface area contributed by atoms with Crippen molar-refractivity contribution in [1.82, 2.24) is 9.61 Å². The second-order valence-corrected chi connectivity index (χ2v) is 3.11. The molecule has 12 heavy (non-hydrogen) atoms. The zero-order valence-corrected chi connectivity index (χ0v) is 7.54. The van der Waals surface area contributed by atoms with Crippen molar-refractivity contribution in [2.45, 2.75) is 12.8 Å². The third kappa shape index (κ3) is 1.08. The smallest absolute Gasteiger partial charge is 0.0705 e. The SMILES string of the molecule is Cc1ccc2c(CCl)cnn2c1. The highest BCUT2D eigenvalue weighted by molar-refractivity contribution is 6.17. The summed E-state index contributed by atoms with van der Waals surface area (Å²) in [6, 6.07) is 4.10. The molecule has 0 spiro atoms. The van der Waals surface area contributed by atoms with Gasteiger partial charge in [0.1, 0.15) is 0 Å². The Balaban J connectivity index is 2.73. The standard InChI is InChI=1S/C9H9ClN2/c1-7-2-3-9-8(4-10)5-11-12(9)6-7/h2-3,5-6H,4H2,1H3. The number of alkyl halides is 1. The topological polar surface area (TPSA) is 17.3 Å². The van der Waals surface area contributed by atoms with Crippen LogP contribution in [0.2, 0.25) is 0 Å². The van der Waals surface area contributed by atoms with E-state index >= 15 is 0 Å². The van der Waals surface area contributed by atoms with Crippen molar-refractivity contribution in [3.8, 4) is 0 Å². The lowest BCUT2D eigenvalue weighted by Gasteiger charge is -1.95. The molecule has 0 N–H and O–H groups in total. The predicted octanol–water partition coefficient (Wildman–Crippen LogP) is 2.38. The van der Waals surface area contributed by atoms with Crippen LogP contribution in [0.1, 0.15) is 11.1 Å². The first kappa shape index (κ1) is 7.62. The van der Waals surface area contributed by atoms with E-state index in [4.69, 9.17) is 11.6 Å². The summed E-state index contributed by atoms with van der Waals surface area (Å²) in [4.78, 5) is 0. The maximum absolute atomic E-state index is 5.73. The number of hydrogen-bond acceptors (Lipinski definition) is 1. The van der Waals surface area contributed by atoms with E-state index in [9.17, 15) is 0 Å². The summed E-state index contributed by atoms with van der Waals surface area (Å²) in [5, 5.41) is 4.18. The lowest BCUT2D eigenvalue weighted by molar-refractivity contribution is 0.952. The molecule has 0 atom stereocenters. The first-order chi connectivity index (χ1) is 5.81. The predicted molar refractivity (Wildman–Crippen MR) is 49.5 cm³/mol. The molecule has 2 rings (SSSR count). The fraction of sp³-hybridized carbons (Fsp3) is 0.222. The minimum atomic E-state index is 0.520. The summed E-state index contributed by atoms with van der Waals surface area (Å²) in [7, 11) is 0. The van der Waals surface area contributed by atoms with E-state index in [1.807, 2.05) is 29.9 Å². The number of hydrogen-bond donors (Lipinski definition) is 0. The molecular weight excluding hydrogens is 172 g/mol. The van der Waals surface area contributed by atoms with E-state index in [1.165, 1.54) is 5.56 Å². The molecule has 2 nitrogen and oxygen atoms in total. The van der Waals surface area contributed by atoms with Crippen LogP contribution in [-0.4, -0.2) is 9.61 Å². The molecule has 0 saturated carbocycles. The molecule has 0 aliphatic heterocycles. The van der Waals surface area contributed by atoms with Gasteiger partial charge in [-0.15, -0.1) is 11.6 Å². The Hall–Kier alpha value is -1.02. The second-order valence-electron chi connectivity index (χ2n) is 2.84. The van der Waals surface area contributed by atoms with Crippen LogP contribution in [0.5, 0.6) is 0 Å². The molecule has 0 amide bonds. The van der Waals surface area contributed by atoms with Crippen molar-refractivity contribution in [3.63, 3.8) is 0 Å². The Bertz CT molecular complexity index is 406. The number of pyridine rings is 1. The Morgan fingerprint density at radius 3 is 3.08 bits per heavy atom. The molecule has 0 aliphatic carbocycles. The summed E-state index contributed by atoms with van der Waals surface area (Å²) >= 11 is 5.73. The van der Waals surface area contributed by atoms with Gasteiger partial charge in [-0.25, -0.2) is 4.52 Å². The molecule has 0 unspecified atom stereocenters. The van der Waals surface area contributed by atoms with Gasteiger partial charge >= 0.3 is 0 Å². The molecule has 2 aromatic rings. The summed E-state index contributed by atoms with van der Waals surface area (Å²) in [5.41, 5.74) is 3.37. The van der Waals surface area contributed by atoms with Crippen LogP contribution in [0, 0.1) is 6.92 Å². The van der Waals surface area contributed by atoms with Crippen LogP contribution in [-0.2, 0) is 5.88 Å². The Morgan fingerprint density at radius 2 is 2.33 bits per heavy atom. The summed E-state index contributed by atoms with van der Waals surface area (Å²) < 4.78 is 1.85. The highest BCUT2D eigenvalue weighted by Crippen LogP contribution is 2.13. The molecule has 62 valence electrons. The fourth-order valence-corrected chi connectivity index (χ4v) is 1.45. The molecule has 0 aromatic carbocycles.